The zero-order valence-corrected chi connectivity index (χ0v) is 11.9. The predicted octanol–water partition coefficient (Wildman–Crippen LogP) is 3.61. The molecule has 0 bridgehead atoms. The molecule has 0 radical (unpaired) electrons. The Hall–Kier alpha value is -0.0800. The van der Waals surface area contributed by atoms with Crippen molar-refractivity contribution in [1.82, 2.24) is 5.32 Å². The third-order valence-corrected chi connectivity index (χ3v) is 3.51. The molecular weight excluding hydrogens is 198 g/mol. The highest BCUT2D eigenvalue weighted by molar-refractivity contribution is 4.76. The van der Waals surface area contributed by atoms with Crippen LogP contribution in [0.5, 0.6) is 0 Å². The maximum atomic E-state index is 6.11. The molecule has 98 valence electrons. The molecule has 0 aliphatic rings. The Morgan fingerprint density at radius 2 is 1.94 bits per heavy atom. The highest BCUT2D eigenvalue weighted by Gasteiger charge is 2.22. The summed E-state index contributed by atoms with van der Waals surface area (Å²) in [7, 11) is 1.99. The van der Waals surface area contributed by atoms with Gasteiger partial charge in [0.2, 0.25) is 0 Å². The highest BCUT2D eigenvalue weighted by atomic mass is 16.5. The van der Waals surface area contributed by atoms with E-state index in [0.29, 0.717) is 0 Å². The second-order valence-corrected chi connectivity index (χ2v) is 5.06. The fraction of sp³-hybridized carbons (Fsp3) is 1.00. The molecule has 2 atom stereocenters. The Labute approximate surface area is 102 Å². The van der Waals surface area contributed by atoms with Gasteiger partial charge in [-0.1, -0.05) is 40.0 Å². The lowest BCUT2D eigenvalue weighted by Gasteiger charge is -2.30. The topological polar surface area (TPSA) is 21.3 Å². The number of likely N-dealkylation sites (N-methyl/N-ethyl adjacent to an activating group) is 1. The maximum Gasteiger partial charge on any atom is 0.0775 e. The molecular formula is C14H31NO. The van der Waals surface area contributed by atoms with E-state index in [0.717, 1.165) is 25.5 Å². The molecule has 0 aromatic heterocycles. The highest BCUT2D eigenvalue weighted by Crippen LogP contribution is 2.19. The van der Waals surface area contributed by atoms with E-state index < -0.39 is 0 Å². The molecule has 0 aliphatic carbocycles. The van der Waals surface area contributed by atoms with E-state index in [1.165, 1.54) is 25.7 Å². The molecule has 0 saturated carbocycles. The van der Waals surface area contributed by atoms with Gasteiger partial charge in [-0.15, -0.1) is 0 Å². The van der Waals surface area contributed by atoms with Gasteiger partial charge in [0.05, 0.1) is 12.2 Å². The van der Waals surface area contributed by atoms with Gasteiger partial charge in [0.15, 0.2) is 0 Å². The first-order valence-electron chi connectivity index (χ1n) is 6.90. The SMILES string of the molecule is CCCCC(CC)COC(C)(CC)CNC. The first kappa shape index (κ1) is 15.9. The molecule has 0 rings (SSSR count). The van der Waals surface area contributed by atoms with E-state index in [1.54, 1.807) is 0 Å². The van der Waals surface area contributed by atoms with Crippen LogP contribution in [0.1, 0.15) is 59.8 Å². The van der Waals surface area contributed by atoms with Gasteiger partial charge >= 0.3 is 0 Å². The Morgan fingerprint density at radius 3 is 2.38 bits per heavy atom. The third kappa shape index (κ3) is 6.49. The average Bonchev–Trinajstić information content (AvgIpc) is 2.30. The monoisotopic (exact) mass is 229 g/mol. The van der Waals surface area contributed by atoms with Gasteiger partial charge in [0, 0.05) is 6.54 Å². The standard InChI is InChI=1S/C14H31NO/c1-6-9-10-13(7-2)11-16-14(4,8-3)12-15-5/h13,15H,6-12H2,1-5H3. The fourth-order valence-electron chi connectivity index (χ4n) is 1.87. The lowest BCUT2D eigenvalue weighted by Crippen LogP contribution is -2.39. The van der Waals surface area contributed by atoms with Crippen LogP contribution in [0.4, 0.5) is 0 Å². The Balaban J connectivity index is 3.96. The van der Waals surface area contributed by atoms with Crippen molar-refractivity contribution in [2.45, 2.75) is 65.4 Å². The van der Waals surface area contributed by atoms with Crippen LogP contribution in [-0.4, -0.2) is 25.8 Å². The normalized spacial score (nSPS) is 17.1. The summed E-state index contributed by atoms with van der Waals surface area (Å²) in [6.45, 7) is 10.8. The van der Waals surface area contributed by atoms with Crippen molar-refractivity contribution in [3.63, 3.8) is 0 Å². The van der Waals surface area contributed by atoms with Crippen LogP contribution in [0, 0.1) is 5.92 Å². The Morgan fingerprint density at radius 1 is 1.25 bits per heavy atom. The van der Waals surface area contributed by atoms with Crippen LogP contribution in [-0.2, 0) is 4.74 Å². The molecule has 0 aromatic carbocycles. The first-order chi connectivity index (χ1) is 7.61. The lowest BCUT2D eigenvalue weighted by molar-refractivity contribution is -0.0501. The van der Waals surface area contributed by atoms with Crippen LogP contribution < -0.4 is 5.32 Å². The largest absolute Gasteiger partial charge is 0.374 e. The van der Waals surface area contributed by atoms with E-state index in [9.17, 15) is 0 Å². The van der Waals surface area contributed by atoms with Crippen LogP contribution in [0.15, 0.2) is 0 Å². The number of nitrogens with one attached hydrogen (secondary N) is 1. The number of rotatable bonds is 10. The second kappa shape index (κ2) is 9.00. The molecule has 0 aliphatic heterocycles. The zero-order valence-electron chi connectivity index (χ0n) is 11.9. The van der Waals surface area contributed by atoms with Crippen molar-refractivity contribution in [2.24, 2.45) is 5.92 Å². The van der Waals surface area contributed by atoms with E-state index in [1.807, 2.05) is 7.05 Å². The molecule has 0 saturated heterocycles. The number of unbranched alkanes of at least 4 members (excludes halogenated alkanes) is 1. The molecule has 2 nitrogen and oxygen atoms in total. The van der Waals surface area contributed by atoms with E-state index in [-0.39, 0.29) is 5.60 Å². The van der Waals surface area contributed by atoms with Crippen molar-refractivity contribution in [3.05, 3.63) is 0 Å². The number of hydrogen-bond donors (Lipinski definition) is 1. The molecule has 0 aromatic rings. The van der Waals surface area contributed by atoms with Gasteiger partial charge in [-0.2, -0.15) is 0 Å². The van der Waals surface area contributed by atoms with Crippen LogP contribution in [0.2, 0.25) is 0 Å². The summed E-state index contributed by atoms with van der Waals surface area (Å²) in [5.41, 5.74) is 0.00832. The molecule has 0 spiro atoms. The van der Waals surface area contributed by atoms with Gasteiger partial charge in [-0.25, -0.2) is 0 Å². The number of hydrogen-bond acceptors (Lipinski definition) is 2. The molecule has 0 heterocycles. The van der Waals surface area contributed by atoms with Crippen molar-refractivity contribution in [1.29, 1.82) is 0 Å². The van der Waals surface area contributed by atoms with Crippen molar-refractivity contribution >= 4 is 0 Å². The summed E-state index contributed by atoms with van der Waals surface area (Å²) < 4.78 is 6.11. The predicted molar refractivity (Wildman–Crippen MR) is 71.9 cm³/mol. The van der Waals surface area contributed by atoms with Gasteiger partial charge in [0.1, 0.15) is 0 Å². The fourth-order valence-corrected chi connectivity index (χ4v) is 1.87. The Kier molecular flexibility index (Phi) is 8.96. The van der Waals surface area contributed by atoms with E-state index in [4.69, 9.17) is 4.74 Å². The third-order valence-electron chi connectivity index (χ3n) is 3.51. The summed E-state index contributed by atoms with van der Waals surface area (Å²) in [4.78, 5) is 0. The molecule has 2 heteroatoms. The smallest absolute Gasteiger partial charge is 0.0775 e. The molecule has 2 unspecified atom stereocenters. The minimum absolute atomic E-state index is 0.00832. The van der Waals surface area contributed by atoms with E-state index in [2.05, 4.69) is 33.0 Å². The van der Waals surface area contributed by atoms with E-state index >= 15 is 0 Å². The molecule has 1 N–H and O–H groups in total. The zero-order chi connectivity index (χ0) is 12.4. The van der Waals surface area contributed by atoms with Crippen molar-refractivity contribution in [2.75, 3.05) is 20.2 Å². The molecule has 0 amide bonds. The number of ether oxygens (including phenoxy) is 1. The van der Waals surface area contributed by atoms with Gasteiger partial charge in [-0.3, -0.25) is 0 Å². The molecule has 16 heavy (non-hydrogen) atoms. The second-order valence-electron chi connectivity index (χ2n) is 5.06. The minimum Gasteiger partial charge on any atom is -0.374 e. The maximum absolute atomic E-state index is 6.11. The lowest BCUT2D eigenvalue weighted by atomic mass is 9.99. The molecule has 0 fully saturated rings. The van der Waals surface area contributed by atoms with Crippen LogP contribution in [0.3, 0.4) is 0 Å². The quantitative estimate of drug-likeness (QED) is 0.618. The van der Waals surface area contributed by atoms with Crippen molar-refractivity contribution in [3.8, 4) is 0 Å². The van der Waals surface area contributed by atoms with Crippen LogP contribution in [0.25, 0.3) is 0 Å². The summed E-state index contributed by atoms with van der Waals surface area (Å²) in [6.07, 6.45) is 6.23. The average molecular weight is 229 g/mol. The van der Waals surface area contributed by atoms with Crippen LogP contribution >= 0.6 is 0 Å². The minimum atomic E-state index is 0.00832. The first-order valence-corrected chi connectivity index (χ1v) is 6.90. The summed E-state index contributed by atoms with van der Waals surface area (Å²) in [5, 5.41) is 3.22. The van der Waals surface area contributed by atoms with Gasteiger partial charge < -0.3 is 10.1 Å². The summed E-state index contributed by atoms with van der Waals surface area (Å²) in [5.74, 6) is 0.739. The van der Waals surface area contributed by atoms with Crippen molar-refractivity contribution < 1.29 is 4.74 Å². The van der Waals surface area contributed by atoms with Gasteiger partial charge in [-0.05, 0) is 32.7 Å². The van der Waals surface area contributed by atoms with Gasteiger partial charge in [0.25, 0.3) is 0 Å². The summed E-state index contributed by atoms with van der Waals surface area (Å²) in [6, 6.07) is 0. The Bertz CT molecular complexity index is 161. The summed E-state index contributed by atoms with van der Waals surface area (Å²) >= 11 is 0.